The molecule has 1 nitrogen and oxygen atoms in total. The lowest BCUT2D eigenvalue weighted by molar-refractivity contribution is -0.186. The standard InChI is InChI=1S/C13H17F6N/c14-12(15,16)9-3-1-2-8(6-9)11-5-4-10(7-20-11)13(17,18)19/h4,8-9,11,20H,1-3,5-7H2. The predicted octanol–water partition coefficient (Wildman–Crippen LogP) is 4.21. The van der Waals surface area contributed by atoms with Gasteiger partial charge < -0.3 is 5.32 Å². The number of halogens is 6. The van der Waals surface area contributed by atoms with Gasteiger partial charge in [0.15, 0.2) is 0 Å². The van der Waals surface area contributed by atoms with Crippen LogP contribution < -0.4 is 5.32 Å². The number of alkyl halides is 6. The minimum absolute atomic E-state index is 0.0242. The fraction of sp³-hybridized carbons (Fsp3) is 0.846. The Morgan fingerprint density at radius 3 is 2.25 bits per heavy atom. The molecule has 0 spiro atoms. The molecule has 1 aliphatic carbocycles. The van der Waals surface area contributed by atoms with E-state index in [1.165, 1.54) is 0 Å². The average Bonchev–Trinajstić information content (AvgIpc) is 2.37. The van der Waals surface area contributed by atoms with Gasteiger partial charge in [-0.15, -0.1) is 0 Å². The van der Waals surface area contributed by atoms with Crippen molar-refractivity contribution in [2.24, 2.45) is 11.8 Å². The molecule has 1 fully saturated rings. The predicted molar refractivity (Wildman–Crippen MR) is 62.0 cm³/mol. The highest BCUT2D eigenvalue weighted by atomic mass is 19.4. The van der Waals surface area contributed by atoms with Crippen LogP contribution in [0.2, 0.25) is 0 Å². The number of nitrogens with one attached hydrogen (secondary N) is 1. The summed E-state index contributed by atoms with van der Waals surface area (Å²) in [6.45, 7) is -0.304. The van der Waals surface area contributed by atoms with Gasteiger partial charge in [-0.1, -0.05) is 12.5 Å². The van der Waals surface area contributed by atoms with Gasteiger partial charge in [-0.3, -0.25) is 0 Å². The zero-order valence-corrected chi connectivity index (χ0v) is 10.8. The minimum atomic E-state index is -4.35. The van der Waals surface area contributed by atoms with E-state index in [9.17, 15) is 26.3 Å². The summed E-state index contributed by atoms with van der Waals surface area (Å²) < 4.78 is 75.6. The molecule has 7 heteroatoms. The van der Waals surface area contributed by atoms with E-state index in [2.05, 4.69) is 5.32 Å². The van der Waals surface area contributed by atoms with Crippen LogP contribution in [0.1, 0.15) is 32.1 Å². The van der Waals surface area contributed by atoms with Gasteiger partial charge in [-0.25, -0.2) is 0 Å². The summed E-state index contributed by atoms with van der Waals surface area (Å²) in [6, 6.07) is -0.272. The normalized spacial score (nSPS) is 32.9. The van der Waals surface area contributed by atoms with Crippen LogP contribution in [-0.2, 0) is 0 Å². The van der Waals surface area contributed by atoms with Gasteiger partial charge in [0, 0.05) is 18.2 Å². The van der Waals surface area contributed by atoms with Gasteiger partial charge in [0.05, 0.1) is 5.92 Å². The van der Waals surface area contributed by atoms with E-state index in [0.29, 0.717) is 12.8 Å². The maximum Gasteiger partial charge on any atom is 0.413 e. The van der Waals surface area contributed by atoms with Gasteiger partial charge >= 0.3 is 12.4 Å². The molecular formula is C13H17F6N. The Morgan fingerprint density at radius 2 is 1.75 bits per heavy atom. The molecule has 0 amide bonds. The van der Waals surface area contributed by atoms with E-state index < -0.39 is 23.8 Å². The molecule has 0 aromatic heterocycles. The van der Waals surface area contributed by atoms with Crippen LogP contribution in [0, 0.1) is 11.8 Å². The number of rotatable bonds is 1. The van der Waals surface area contributed by atoms with Crippen LogP contribution in [0.15, 0.2) is 11.6 Å². The Bertz CT molecular complexity index is 370. The van der Waals surface area contributed by atoms with E-state index in [-0.39, 0.29) is 37.8 Å². The zero-order valence-electron chi connectivity index (χ0n) is 10.8. The van der Waals surface area contributed by atoms with Crippen molar-refractivity contribution in [2.45, 2.75) is 50.5 Å². The molecule has 0 saturated heterocycles. The lowest BCUT2D eigenvalue weighted by Crippen LogP contribution is -2.44. The molecule has 1 N–H and O–H groups in total. The molecule has 116 valence electrons. The summed E-state index contributed by atoms with van der Waals surface area (Å²) in [5, 5.41) is 2.76. The Kier molecular flexibility index (Phi) is 4.37. The van der Waals surface area contributed by atoms with E-state index in [1.807, 2.05) is 0 Å². The molecule has 3 unspecified atom stereocenters. The monoisotopic (exact) mass is 301 g/mol. The largest absolute Gasteiger partial charge is 0.413 e. The molecule has 0 bridgehead atoms. The second-order valence-electron chi connectivity index (χ2n) is 5.62. The van der Waals surface area contributed by atoms with Crippen molar-refractivity contribution in [3.05, 3.63) is 11.6 Å². The highest BCUT2D eigenvalue weighted by Gasteiger charge is 2.44. The molecule has 2 rings (SSSR count). The van der Waals surface area contributed by atoms with E-state index >= 15 is 0 Å². The lowest BCUT2D eigenvalue weighted by Gasteiger charge is -2.37. The average molecular weight is 301 g/mol. The summed E-state index contributed by atoms with van der Waals surface area (Å²) in [5.41, 5.74) is -0.628. The molecule has 2 aliphatic rings. The molecule has 0 radical (unpaired) electrons. The third-order valence-corrected chi connectivity index (χ3v) is 4.28. The van der Waals surface area contributed by atoms with Gasteiger partial charge in [-0.05, 0) is 31.6 Å². The first-order valence-corrected chi connectivity index (χ1v) is 6.74. The summed E-state index contributed by atoms with van der Waals surface area (Å²) in [6.07, 6.45) is -5.96. The topological polar surface area (TPSA) is 12.0 Å². The first-order valence-electron chi connectivity index (χ1n) is 6.74. The molecule has 0 aromatic carbocycles. The molecule has 20 heavy (non-hydrogen) atoms. The molecule has 1 saturated carbocycles. The van der Waals surface area contributed by atoms with Crippen LogP contribution in [0.3, 0.4) is 0 Å². The fourth-order valence-corrected chi connectivity index (χ4v) is 3.13. The van der Waals surface area contributed by atoms with Crippen LogP contribution in [-0.4, -0.2) is 24.9 Å². The maximum atomic E-state index is 12.7. The van der Waals surface area contributed by atoms with Crippen molar-refractivity contribution in [3.63, 3.8) is 0 Å². The molecule has 1 aliphatic heterocycles. The van der Waals surface area contributed by atoms with Crippen molar-refractivity contribution < 1.29 is 26.3 Å². The fourth-order valence-electron chi connectivity index (χ4n) is 3.13. The Labute approximate surface area is 113 Å². The quantitative estimate of drug-likeness (QED) is 0.565. The van der Waals surface area contributed by atoms with E-state index in [0.717, 1.165) is 6.08 Å². The third kappa shape index (κ3) is 3.68. The van der Waals surface area contributed by atoms with Crippen molar-refractivity contribution in [3.8, 4) is 0 Å². The van der Waals surface area contributed by atoms with Crippen molar-refractivity contribution in [1.29, 1.82) is 0 Å². The first-order chi connectivity index (χ1) is 9.18. The smallest absolute Gasteiger partial charge is 0.309 e. The van der Waals surface area contributed by atoms with Gasteiger partial charge in [0.2, 0.25) is 0 Å². The summed E-state index contributed by atoms with van der Waals surface area (Å²) in [7, 11) is 0. The highest BCUT2D eigenvalue weighted by molar-refractivity contribution is 5.15. The van der Waals surface area contributed by atoms with E-state index in [4.69, 9.17) is 0 Å². The Hall–Kier alpha value is -0.720. The van der Waals surface area contributed by atoms with Gasteiger partial charge in [-0.2, -0.15) is 26.3 Å². The second kappa shape index (κ2) is 5.58. The Balaban J connectivity index is 1.95. The molecule has 0 aromatic rings. The van der Waals surface area contributed by atoms with Crippen molar-refractivity contribution >= 4 is 0 Å². The van der Waals surface area contributed by atoms with Crippen LogP contribution >= 0.6 is 0 Å². The second-order valence-corrected chi connectivity index (χ2v) is 5.62. The molecular weight excluding hydrogens is 284 g/mol. The van der Waals surface area contributed by atoms with Crippen molar-refractivity contribution in [1.82, 2.24) is 5.32 Å². The summed E-state index contributed by atoms with van der Waals surface area (Å²) >= 11 is 0. The highest BCUT2D eigenvalue weighted by Crippen LogP contribution is 2.42. The lowest BCUT2D eigenvalue weighted by atomic mass is 9.76. The number of hydrogen-bond acceptors (Lipinski definition) is 1. The zero-order chi connectivity index (χ0) is 15.0. The summed E-state index contributed by atoms with van der Waals surface area (Å²) in [4.78, 5) is 0. The van der Waals surface area contributed by atoms with Crippen molar-refractivity contribution in [2.75, 3.05) is 6.54 Å². The van der Waals surface area contributed by atoms with Gasteiger partial charge in [0.25, 0.3) is 0 Å². The SMILES string of the molecule is FC(F)(F)C1=CCC(C2CCCC(C(F)(F)F)C2)NC1. The molecule has 1 heterocycles. The Morgan fingerprint density at radius 1 is 1.05 bits per heavy atom. The minimum Gasteiger partial charge on any atom is -0.309 e. The van der Waals surface area contributed by atoms with E-state index in [1.54, 1.807) is 0 Å². The third-order valence-electron chi connectivity index (χ3n) is 4.28. The maximum absolute atomic E-state index is 12.7. The van der Waals surface area contributed by atoms with Gasteiger partial charge in [0.1, 0.15) is 0 Å². The van der Waals surface area contributed by atoms with Crippen LogP contribution in [0.5, 0.6) is 0 Å². The first kappa shape index (κ1) is 15.7. The number of hydrogen-bond donors (Lipinski definition) is 1. The molecule has 3 atom stereocenters. The summed E-state index contributed by atoms with van der Waals surface area (Å²) in [5.74, 6) is -1.50. The van der Waals surface area contributed by atoms with Crippen LogP contribution in [0.4, 0.5) is 26.3 Å². The van der Waals surface area contributed by atoms with Crippen LogP contribution in [0.25, 0.3) is 0 Å².